The lowest BCUT2D eigenvalue weighted by Gasteiger charge is -2.10. The zero-order valence-corrected chi connectivity index (χ0v) is 12.8. The number of hydrogen-bond donors (Lipinski definition) is 1. The summed E-state index contributed by atoms with van der Waals surface area (Å²) in [6.07, 6.45) is -4.45. The average molecular weight is 351 g/mol. The van der Waals surface area contributed by atoms with Crippen LogP contribution in [0.15, 0.2) is 48.5 Å². The third-order valence-corrected chi connectivity index (χ3v) is 3.84. The standard InChI is InChI=1S/C17H10ClF3N2O/c18-13-8-14(9-2-1-3-11(6-9)17(19,20)21)23-15-7-10(16(22)24)4-5-12(13)15/h1-8H,(H2,22,24). The first kappa shape index (κ1) is 16.3. The molecule has 0 radical (unpaired) electrons. The van der Waals surface area contributed by atoms with Crippen molar-refractivity contribution >= 4 is 28.4 Å². The summed E-state index contributed by atoms with van der Waals surface area (Å²) in [6.45, 7) is 0. The molecule has 0 saturated heterocycles. The summed E-state index contributed by atoms with van der Waals surface area (Å²) in [5.74, 6) is -0.626. The van der Waals surface area contributed by atoms with Gasteiger partial charge in [0.15, 0.2) is 0 Å². The van der Waals surface area contributed by atoms with Crippen LogP contribution >= 0.6 is 11.6 Å². The van der Waals surface area contributed by atoms with Gasteiger partial charge in [-0.1, -0.05) is 29.8 Å². The number of halogens is 4. The topological polar surface area (TPSA) is 56.0 Å². The first-order valence-corrected chi connectivity index (χ1v) is 7.21. The maximum absolute atomic E-state index is 12.9. The van der Waals surface area contributed by atoms with Crippen LogP contribution in [-0.2, 0) is 6.18 Å². The fraction of sp³-hybridized carbons (Fsp3) is 0.0588. The monoisotopic (exact) mass is 350 g/mol. The Bertz CT molecular complexity index is 954. The number of amides is 1. The predicted molar refractivity (Wildman–Crippen MR) is 85.7 cm³/mol. The van der Waals surface area contributed by atoms with Crippen LogP contribution in [0.3, 0.4) is 0 Å². The molecule has 122 valence electrons. The number of nitrogens with zero attached hydrogens (tertiary/aromatic N) is 1. The van der Waals surface area contributed by atoms with E-state index in [1.165, 1.54) is 30.3 Å². The summed E-state index contributed by atoms with van der Waals surface area (Å²) in [7, 11) is 0. The minimum absolute atomic E-state index is 0.243. The molecular formula is C17H10ClF3N2O. The maximum Gasteiger partial charge on any atom is 0.416 e. The van der Waals surface area contributed by atoms with Crippen molar-refractivity contribution < 1.29 is 18.0 Å². The fourth-order valence-electron chi connectivity index (χ4n) is 2.34. The molecule has 0 saturated carbocycles. The predicted octanol–water partition coefficient (Wildman–Crippen LogP) is 4.67. The van der Waals surface area contributed by atoms with Crippen LogP contribution in [0.1, 0.15) is 15.9 Å². The molecule has 0 aliphatic rings. The van der Waals surface area contributed by atoms with Gasteiger partial charge in [0.05, 0.1) is 21.8 Å². The lowest BCUT2D eigenvalue weighted by atomic mass is 10.1. The van der Waals surface area contributed by atoms with E-state index in [9.17, 15) is 18.0 Å². The number of nitrogens with two attached hydrogens (primary N) is 1. The van der Waals surface area contributed by atoms with E-state index in [1.54, 1.807) is 6.07 Å². The Balaban J connectivity index is 2.18. The van der Waals surface area contributed by atoms with Crippen molar-refractivity contribution in [3.05, 3.63) is 64.7 Å². The number of aromatic nitrogens is 1. The van der Waals surface area contributed by atoms with Crippen LogP contribution in [0.25, 0.3) is 22.2 Å². The Labute approximate surface area is 139 Å². The molecule has 2 N–H and O–H groups in total. The second-order valence-electron chi connectivity index (χ2n) is 5.16. The lowest BCUT2D eigenvalue weighted by molar-refractivity contribution is -0.137. The summed E-state index contributed by atoms with van der Waals surface area (Å²) in [5.41, 5.74) is 5.64. The van der Waals surface area contributed by atoms with Crippen molar-refractivity contribution in [2.45, 2.75) is 6.18 Å². The quantitative estimate of drug-likeness (QED) is 0.730. The highest BCUT2D eigenvalue weighted by atomic mass is 35.5. The van der Waals surface area contributed by atoms with Gasteiger partial charge in [0.2, 0.25) is 5.91 Å². The number of pyridine rings is 1. The molecule has 0 aliphatic carbocycles. The molecule has 0 bridgehead atoms. The number of benzene rings is 2. The number of primary amides is 1. The van der Waals surface area contributed by atoms with Gasteiger partial charge in [-0.2, -0.15) is 13.2 Å². The van der Waals surface area contributed by atoms with E-state index in [-0.39, 0.29) is 16.8 Å². The molecule has 2 aromatic carbocycles. The second-order valence-corrected chi connectivity index (χ2v) is 5.57. The van der Waals surface area contributed by atoms with Crippen LogP contribution in [0.5, 0.6) is 0 Å². The molecule has 1 aromatic heterocycles. The molecule has 0 fully saturated rings. The van der Waals surface area contributed by atoms with Gasteiger partial charge in [-0.05, 0) is 30.3 Å². The molecule has 3 nitrogen and oxygen atoms in total. The highest BCUT2D eigenvalue weighted by Gasteiger charge is 2.30. The lowest BCUT2D eigenvalue weighted by Crippen LogP contribution is -2.10. The summed E-state index contributed by atoms with van der Waals surface area (Å²) >= 11 is 6.20. The largest absolute Gasteiger partial charge is 0.416 e. The van der Waals surface area contributed by atoms with Gasteiger partial charge >= 0.3 is 6.18 Å². The van der Waals surface area contributed by atoms with Crippen LogP contribution in [-0.4, -0.2) is 10.9 Å². The number of hydrogen-bond acceptors (Lipinski definition) is 2. The van der Waals surface area contributed by atoms with E-state index in [4.69, 9.17) is 17.3 Å². The molecule has 3 aromatic rings. The van der Waals surface area contributed by atoms with Crippen molar-refractivity contribution in [2.24, 2.45) is 5.73 Å². The van der Waals surface area contributed by atoms with E-state index in [0.29, 0.717) is 15.9 Å². The number of carbonyl (C=O) groups is 1. The van der Waals surface area contributed by atoms with E-state index >= 15 is 0 Å². The SMILES string of the molecule is NC(=O)c1ccc2c(Cl)cc(-c3cccc(C(F)(F)F)c3)nc2c1. The molecule has 0 spiro atoms. The highest BCUT2D eigenvalue weighted by molar-refractivity contribution is 6.35. The Morgan fingerprint density at radius 3 is 2.50 bits per heavy atom. The summed E-state index contributed by atoms with van der Waals surface area (Å²) in [4.78, 5) is 15.6. The van der Waals surface area contributed by atoms with Crippen molar-refractivity contribution in [3.8, 4) is 11.3 Å². The minimum Gasteiger partial charge on any atom is -0.366 e. The molecule has 0 atom stereocenters. The average Bonchev–Trinajstić information content (AvgIpc) is 2.53. The smallest absolute Gasteiger partial charge is 0.366 e. The van der Waals surface area contributed by atoms with Gasteiger partial charge in [0.1, 0.15) is 0 Å². The van der Waals surface area contributed by atoms with Gasteiger partial charge in [-0.3, -0.25) is 4.79 Å². The van der Waals surface area contributed by atoms with Crippen LogP contribution in [0, 0.1) is 0 Å². The van der Waals surface area contributed by atoms with Crippen molar-refractivity contribution in [3.63, 3.8) is 0 Å². The first-order chi connectivity index (χ1) is 11.3. The third-order valence-electron chi connectivity index (χ3n) is 3.53. The highest BCUT2D eigenvalue weighted by Crippen LogP contribution is 2.33. The van der Waals surface area contributed by atoms with Crippen molar-refractivity contribution in [1.82, 2.24) is 4.98 Å². The number of alkyl halides is 3. The third kappa shape index (κ3) is 3.05. The van der Waals surface area contributed by atoms with E-state index < -0.39 is 17.6 Å². The van der Waals surface area contributed by atoms with Crippen molar-refractivity contribution in [2.75, 3.05) is 0 Å². The van der Waals surface area contributed by atoms with Gasteiger partial charge in [-0.25, -0.2) is 4.98 Å². The number of fused-ring (bicyclic) bond motifs is 1. The van der Waals surface area contributed by atoms with Gasteiger partial charge in [0, 0.05) is 16.5 Å². The second kappa shape index (κ2) is 5.79. The van der Waals surface area contributed by atoms with E-state index in [2.05, 4.69) is 4.98 Å². The Hall–Kier alpha value is -2.60. The van der Waals surface area contributed by atoms with Crippen LogP contribution in [0.2, 0.25) is 5.02 Å². The summed E-state index contributed by atoms with van der Waals surface area (Å²) in [5, 5.41) is 0.904. The van der Waals surface area contributed by atoms with E-state index in [1.807, 2.05) is 0 Å². The summed E-state index contributed by atoms with van der Waals surface area (Å²) < 4.78 is 38.6. The van der Waals surface area contributed by atoms with Crippen LogP contribution < -0.4 is 5.73 Å². The normalized spacial score (nSPS) is 11.7. The maximum atomic E-state index is 12.9. The Morgan fingerprint density at radius 2 is 1.83 bits per heavy atom. The molecule has 3 rings (SSSR count). The van der Waals surface area contributed by atoms with E-state index in [0.717, 1.165) is 12.1 Å². The fourth-order valence-corrected chi connectivity index (χ4v) is 2.61. The summed E-state index contributed by atoms with van der Waals surface area (Å²) in [6, 6.07) is 10.9. The number of rotatable bonds is 2. The molecule has 0 unspecified atom stereocenters. The molecule has 0 aliphatic heterocycles. The number of carbonyl (C=O) groups excluding carboxylic acids is 1. The molecule has 24 heavy (non-hydrogen) atoms. The van der Waals surface area contributed by atoms with Gasteiger partial charge in [-0.15, -0.1) is 0 Å². The molecular weight excluding hydrogens is 341 g/mol. The zero-order chi connectivity index (χ0) is 17.5. The first-order valence-electron chi connectivity index (χ1n) is 6.83. The molecule has 1 amide bonds. The Morgan fingerprint density at radius 1 is 1.08 bits per heavy atom. The Kier molecular flexibility index (Phi) is 3.93. The zero-order valence-electron chi connectivity index (χ0n) is 12.1. The minimum atomic E-state index is -4.45. The van der Waals surface area contributed by atoms with Gasteiger partial charge in [0.25, 0.3) is 0 Å². The van der Waals surface area contributed by atoms with Crippen LogP contribution in [0.4, 0.5) is 13.2 Å². The molecule has 1 heterocycles. The van der Waals surface area contributed by atoms with Crippen molar-refractivity contribution in [1.29, 1.82) is 0 Å². The van der Waals surface area contributed by atoms with Gasteiger partial charge < -0.3 is 5.73 Å². The molecule has 7 heteroatoms.